The van der Waals surface area contributed by atoms with Crippen molar-refractivity contribution in [1.82, 2.24) is 20.0 Å². The number of hydrogen-bond donors (Lipinski definition) is 1. The highest BCUT2D eigenvalue weighted by Crippen LogP contribution is 2.29. The first-order valence-corrected chi connectivity index (χ1v) is 9.69. The number of rotatable bonds is 6. The van der Waals surface area contributed by atoms with Crippen LogP contribution in [0.2, 0.25) is 0 Å². The molecule has 1 amide bonds. The fourth-order valence-corrected chi connectivity index (χ4v) is 3.90. The van der Waals surface area contributed by atoms with Crippen molar-refractivity contribution < 1.29 is 4.79 Å². The highest BCUT2D eigenvalue weighted by atomic mass is 16.2. The van der Waals surface area contributed by atoms with Crippen LogP contribution in [-0.4, -0.2) is 40.2 Å². The Morgan fingerprint density at radius 2 is 2.04 bits per heavy atom. The minimum atomic E-state index is 0.0218. The molecular weight excluding hydrogens is 324 g/mol. The second kappa shape index (κ2) is 7.23. The summed E-state index contributed by atoms with van der Waals surface area (Å²) >= 11 is 0. The van der Waals surface area contributed by atoms with Gasteiger partial charge in [-0.25, -0.2) is 0 Å². The molecule has 0 spiro atoms. The Balaban J connectivity index is 1.48. The maximum Gasteiger partial charge on any atom is 0.274 e. The summed E-state index contributed by atoms with van der Waals surface area (Å²) in [6.07, 6.45) is 5.78. The summed E-state index contributed by atoms with van der Waals surface area (Å²) in [5.74, 6) is 0.900. The van der Waals surface area contributed by atoms with Gasteiger partial charge in [0.1, 0.15) is 0 Å². The maximum absolute atomic E-state index is 13.0. The van der Waals surface area contributed by atoms with Gasteiger partial charge in [-0.2, -0.15) is 5.10 Å². The molecule has 2 aliphatic rings. The molecule has 1 N–H and O–H groups in total. The molecule has 1 fully saturated rings. The van der Waals surface area contributed by atoms with Crippen molar-refractivity contribution in [3.8, 4) is 0 Å². The minimum absolute atomic E-state index is 0.0218. The van der Waals surface area contributed by atoms with Crippen molar-refractivity contribution >= 4 is 5.91 Å². The highest BCUT2D eigenvalue weighted by molar-refractivity contribution is 5.94. The number of nitrogens with zero attached hydrogens (tertiary/aromatic N) is 3. The van der Waals surface area contributed by atoms with Gasteiger partial charge in [0.05, 0.1) is 0 Å². The smallest absolute Gasteiger partial charge is 0.274 e. The number of benzene rings is 1. The molecule has 1 aromatic carbocycles. The van der Waals surface area contributed by atoms with Gasteiger partial charge >= 0.3 is 0 Å². The van der Waals surface area contributed by atoms with Crippen molar-refractivity contribution in [2.75, 3.05) is 13.6 Å². The Kier molecular flexibility index (Phi) is 4.81. The van der Waals surface area contributed by atoms with Crippen molar-refractivity contribution in [2.24, 2.45) is 13.0 Å². The second-order valence-electron chi connectivity index (χ2n) is 7.84. The number of nitrogens with one attached hydrogen (secondary N) is 1. The van der Waals surface area contributed by atoms with E-state index >= 15 is 0 Å². The first kappa shape index (κ1) is 17.3. The topological polar surface area (TPSA) is 50.2 Å². The van der Waals surface area contributed by atoms with E-state index in [1.165, 1.54) is 18.5 Å². The quantitative estimate of drug-likeness (QED) is 0.869. The van der Waals surface area contributed by atoms with Crippen molar-refractivity contribution in [3.05, 3.63) is 52.8 Å². The van der Waals surface area contributed by atoms with Crippen LogP contribution < -0.4 is 5.32 Å². The van der Waals surface area contributed by atoms with E-state index in [0.29, 0.717) is 18.3 Å². The number of aryl methyl sites for hydroxylation is 1. The van der Waals surface area contributed by atoms with Crippen LogP contribution in [0.15, 0.2) is 30.3 Å². The lowest BCUT2D eigenvalue weighted by Crippen LogP contribution is -2.37. The average Bonchev–Trinajstić information content (AvgIpc) is 3.43. The molecular formula is C21H28N4O. The molecule has 0 radical (unpaired) electrons. The van der Waals surface area contributed by atoms with Crippen LogP contribution in [0.25, 0.3) is 0 Å². The maximum atomic E-state index is 13.0. The Morgan fingerprint density at radius 3 is 2.77 bits per heavy atom. The molecule has 0 saturated heterocycles. The molecule has 1 unspecified atom stereocenters. The normalized spacial score (nSPS) is 19.2. The lowest BCUT2D eigenvalue weighted by atomic mass is 9.91. The van der Waals surface area contributed by atoms with Gasteiger partial charge in [-0.1, -0.05) is 30.3 Å². The van der Waals surface area contributed by atoms with E-state index in [1.54, 1.807) is 4.90 Å². The average molecular weight is 352 g/mol. The molecule has 5 nitrogen and oxygen atoms in total. The predicted octanol–water partition coefficient (Wildman–Crippen LogP) is 2.55. The summed E-state index contributed by atoms with van der Waals surface area (Å²) in [6, 6.07) is 10.6. The molecule has 0 aliphatic heterocycles. The Morgan fingerprint density at radius 1 is 1.27 bits per heavy atom. The number of hydrogen-bond acceptors (Lipinski definition) is 3. The van der Waals surface area contributed by atoms with Gasteiger partial charge in [-0.15, -0.1) is 0 Å². The van der Waals surface area contributed by atoms with Crippen molar-refractivity contribution in [2.45, 2.75) is 44.7 Å². The van der Waals surface area contributed by atoms with Crippen LogP contribution in [0.5, 0.6) is 0 Å². The van der Waals surface area contributed by atoms with Gasteiger partial charge in [0.15, 0.2) is 5.69 Å². The van der Waals surface area contributed by atoms with Crippen LogP contribution in [0, 0.1) is 5.92 Å². The van der Waals surface area contributed by atoms with E-state index in [2.05, 4.69) is 22.5 Å². The molecule has 2 aromatic rings. The van der Waals surface area contributed by atoms with Crippen molar-refractivity contribution in [1.29, 1.82) is 0 Å². The zero-order valence-electron chi connectivity index (χ0n) is 15.7. The number of aromatic nitrogens is 2. The number of carbonyl (C=O) groups is 1. The van der Waals surface area contributed by atoms with E-state index in [-0.39, 0.29) is 5.91 Å². The zero-order chi connectivity index (χ0) is 18.1. The monoisotopic (exact) mass is 352 g/mol. The first-order valence-electron chi connectivity index (χ1n) is 9.69. The lowest BCUT2D eigenvalue weighted by molar-refractivity contribution is 0.0777. The van der Waals surface area contributed by atoms with Crippen LogP contribution >= 0.6 is 0 Å². The molecule has 1 saturated carbocycles. The molecule has 26 heavy (non-hydrogen) atoms. The SMILES string of the molecule is CN(Cc1ccccc1)C(=O)c1nn(C)c2c1CC(NCC1CC1)CC2. The van der Waals surface area contributed by atoms with E-state index in [9.17, 15) is 4.79 Å². The molecule has 1 aromatic heterocycles. The minimum Gasteiger partial charge on any atom is -0.336 e. The Hall–Kier alpha value is -2.14. The number of fused-ring (bicyclic) bond motifs is 1. The molecule has 1 atom stereocenters. The number of amides is 1. The summed E-state index contributed by atoms with van der Waals surface area (Å²) in [5.41, 5.74) is 4.15. The van der Waals surface area contributed by atoms with Crippen molar-refractivity contribution in [3.63, 3.8) is 0 Å². The summed E-state index contributed by atoms with van der Waals surface area (Å²) in [5, 5.41) is 8.30. The fourth-order valence-electron chi connectivity index (χ4n) is 3.90. The van der Waals surface area contributed by atoms with Gasteiger partial charge in [-0.3, -0.25) is 9.48 Å². The third-order valence-corrected chi connectivity index (χ3v) is 5.66. The summed E-state index contributed by atoms with van der Waals surface area (Å²) in [6.45, 7) is 1.73. The van der Waals surface area contributed by atoms with Crippen LogP contribution in [0.4, 0.5) is 0 Å². The molecule has 138 valence electrons. The van der Waals surface area contributed by atoms with Crippen LogP contribution in [0.1, 0.15) is 46.6 Å². The second-order valence-corrected chi connectivity index (χ2v) is 7.84. The molecule has 4 rings (SSSR count). The van der Waals surface area contributed by atoms with Crippen LogP contribution in [0.3, 0.4) is 0 Å². The highest BCUT2D eigenvalue weighted by Gasteiger charge is 2.30. The van der Waals surface area contributed by atoms with Gasteiger partial charge in [0, 0.05) is 37.9 Å². The fraction of sp³-hybridized carbons (Fsp3) is 0.524. The van der Waals surface area contributed by atoms with E-state index in [4.69, 9.17) is 0 Å². The molecule has 2 aliphatic carbocycles. The molecule has 5 heteroatoms. The molecule has 0 bridgehead atoms. The third-order valence-electron chi connectivity index (χ3n) is 5.66. The Bertz CT molecular complexity index is 779. The van der Waals surface area contributed by atoms with E-state index in [1.807, 2.05) is 37.0 Å². The summed E-state index contributed by atoms with van der Waals surface area (Å²) in [4.78, 5) is 14.8. The predicted molar refractivity (Wildman–Crippen MR) is 102 cm³/mol. The van der Waals surface area contributed by atoms with E-state index in [0.717, 1.165) is 42.9 Å². The standard InChI is InChI=1S/C21H28N4O/c1-24(14-16-6-4-3-5-7-16)21(26)20-18-12-17(22-13-15-8-9-15)10-11-19(18)25(2)23-20/h3-7,15,17,22H,8-14H2,1-2H3. The Labute approximate surface area is 155 Å². The summed E-state index contributed by atoms with van der Waals surface area (Å²) in [7, 11) is 3.83. The number of carbonyl (C=O) groups excluding carboxylic acids is 1. The van der Waals surface area contributed by atoms with Gasteiger partial charge in [-0.05, 0) is 50.1 Å². The van der Waals surface area contributed by atoms with Gasteiger partial charge in [0.2, 0.25) is 0 Å². The first-order chi connectivity index (χ1) is 12.6. The molecule has 1 heterocycles. The van der Waals surface area contributed by atoms with E-state index < -0.39 is 0 Å². The van der Waals surface area contributed by atoms with Crippen LogP contribution in [-0.2, 0) is 26.4 Å². The third kappa shape index (κ3) is 3.68. The van der Waals surface area contributed by atoms with Gasteiger partial charge < -0.3 is 10.2 Å². The lowest BCUT2D eigenvalue weighted by Gasteiger charge is -2.25. The summed E-state index contributed by atoms with van der Waals surface area (Å²) < 4.78 is 1.91. The largest absolute Gasteiger partial charge is 0.336 e. The van der Waals surface area contributed by atoms with Gasteiger partial charge in [0.25, 0.3) is 5.91 Å². The zero-order valence-corrected chi connectivity index (χ0v) is 15.7.